The third-order valence-corrected chi connectivity index (χ3v) is 2.92. The van der Waals surface area contributed by atoms with E-state index < -0.39 is 0 Å². The number of nitrogens with one attached hydrogen (secondary N) is 2. The Hall–Kier alpha value is -0.920. The second-order valence-corrected chi connectivity index (χ2v) is 4.23. The first-order valence-electron chi connectivity index (χ1n) is 6.43. The molecule has 0 amide bonds. The van der Waals surface area contributed by atoms with Crippen molar-refractivity contribution in [1.82, 2.24) is 5.32 Å². The molecule has 0 aliphatic rings. The number of hydrogen-bond acceptors (Lipinski definition) is 2. The zero-order valence-electron chi connectivity index (χ0n) is 11.2. The van der Waals surface area contributed by atoms with Crippen molar-refractivity contribution in [2.45, 2.75) is 47.0 Å². The highest BCUT2D eigenvalue weighted by atomic mass is 14.9. The molecule has 2 N–H and O–H groups in total. The van der Waals surface area contributed by atoms with E-state index in [2.05, 4.69) is 45.5 Å². The fourth-order valence-electron chi connectivity index (χ4n) is 1.93. The number of hydrogen-bond donors (Lipinski definition) is 2. The topological polar surface area (TPSA) is 35.9 Å². The highest BCUT2D eigenvalue weighted by molar-refractivity contribution is 5.57. The fourth-order valence-corrected chi connectivity index (χ4v) is 1.93. The van der Waals surface area contributed by atoms with Crippen LogP contribution < -0.4 is 5.32 Å². The fraction of sp³-hybridized carbons (Fsp3) is 0.714. The molecule has 0 saturated carbocycles. The zero-order valence-corrected chi connectivity index (χ0v) is 11.2. The van der Waals surface area contributed by atoms with Crippen LogP contribution in [0.25, 0.3) is 0 Å². The van der Waals surface area contributed by atoms with E-state index in [1.165, 1.54) is 5.70 Å². The standard InChI is InChI=1S/C14H27N2/c1-5-8-10-16-14(9-6-2)13(7-3)12(4)11-15/h5,9,11-13,15-16H,6-8,10H2,1-4H3/q+1/b14-9-,15-11?. The molecule has 0 radical (unpaired) electrons. The first-order valence-corrected chi connectivity index (χ1v) is 6.43. The Morgan fingerprint density at radius 1 is 1.44 bits per heavy atom. The summed E-state index contributed by atoms with van der Waals surface area (Å²) in [6.07, 6.45) is 9.24. The lowest BCUT2D eigenvalue weighted by molar-refractivity contribution is 0.465. The molecule has 0 saturated heterocycles. The highest BCUT2D eigenvalue weighted by Crippen LogP contribution is 2.21. The Labute approximate surface area is 101 Å². The molecule has 0 bridgehead atoms. The van der Waals surface area contributed by atoms with E-state index in [1.807, 2.05) is 0 Å². The van der Waals surface area contributed by atoms with Gasteiger partial charge in [0, 0.05) is 11.6 Å². The van der Waals surface area contributed by atoms with E-state index in [9.17, 15) is 0 Å². The van der Waals surface area contributed by atoms with Crippen molar-refractivity contribution in [1.29, 1.82) is 5.41 Å². The predicted molar refractivity (Wildman–Crippen MR) is 72.7 cm³/mol. The quantitative estimate of drug-likeness (QED) is 0.348. The molecule has 92 valence electrons. The molecule has 0 spiro atoms. The Bertz CT molecular complexity index is 209. The summed E-state index contributed by atoms with van der Waals surface area (Å²) in [7, 11) is 0. The summed E-state index contributed by atoms with van der Waals surface area (Å²) in [5.74, 6) is 0.787. The van der Waals surface area contributed by atoms with Gasteiger partial charge in [-0.1, -0.05) is 26.8 Å². The molecule has 0 aromatic carbocycles. The first-order chi connectivity index (χ1) is 7.71. The second kappa shape index (κ2) is 9.32. The lowest BCUT2D eigenvalue weighted by atomic mass is 9.88. The van der Waals surface area contributed by atoms with Gasteiger partial charge in [-0.25, -0.2) is 0 Å². The molecule has 0 aliphatic carbocycles. The van der Waals surface area contributed by atoms with Gasteiger partial charge < -0.3 is 10.7 Å². The van der Waals surface area contributed by atoms with Crippen LogP contribution in [0.1, 0.15) is 47.0 Å². The molecule has 2 nitrogen and oxygen atoms in total. The summed E-state index contributed by atoms with van der Waals surface area (Å²) < 4.78 is 0. The summed E-state index contributed by atoms with van der Waals surface area (Å²) in [5, 5.41) is 10.9. The average molecular weight is 223 g/mol. The van der Waals surface area contributed by atoms with Gasteiger partial charge in [0.05, 0.1) is 19.9 Å². The summed E-state index contributed by atoms with van der Waals surface area (Å²) >= 11 is 0. The minimum absolute atomic E-state index is 0.320. The third-order valence-electron chi connectivity index (χ3n) is 2.92. The molecule has 0 fully saturated rings. The molecule has 16 heavy (non-hydrogen) atoms. The zero-order chi connectivity index (χ0) is 12.4. The monoisotopic (exact) mass is 223 g/mol. The van der Waals surface area contributed by atoms with Crippen LogP contribution in [0.4, 0.5) is 0 Å². The lowest BCUT2D eigenvalue weighted by Gasteiger charge is -2.23. The van der Waals surface area contributed by atoms with Gasteiger partial charge in [0.25, 0.3) is 0 Å². The van der Waals surface area contributed by atoms with E-state index in [4.69, 9.17) is 5.41 Å². The van der Waals surface area contributed by atoms with Gasteiger partial charge in [-0.2, -0.15) is 0 Å². The van der Waals surface area contributed by atoms with Crippen molar-refractivity contribution >= 4 is 6.21 Å². The van der Waals surface area contributed by atoms with Gasteiger partial charge in [-0.05, 0) is 25.0 Å². The van der Waals surface area contributed by atoms with E-state index >= 15 is 0 Å². The van der Waals surface area contributed by atoms with Crippen molar-refractivity contribution in [2.75, 3.05) is 6.54 Å². The molecule has 2 atom stereocenters. The molecular formula is C14H27N2+. The first kappa shape index (κ1) is 15.1. The van der Waals surface area contributed by atoms with Crippen LogP contribution in [-0.2, 0) is 0 Å². The Kier molecular flexibility index (Phi) is 8.78. The number of allylic oxidation sites excluding steroid dienone is 2. The van der Waals surface area contributed by atoms with E-state index in [0.29, 0.717) is 11.8 Å². The van der Waals surface area contributed by atoms with E-state index in [1.54, 1.807) is 6.21 Å². The second-order valence-electron chi connectivity index (χ2n) is 4.23. The predicted octanol–water partition coefficient (Wildman–Crippen LogP) is 3.80. The molecule has 0 rings (SSSR count). The average Bonchev–Trinajstić information content (AvgIpc) is 2.30. The van der Waals surface area contributed by atoms with Gasteiger partial charge in [-0.3, -0.25) is 0 Å². The normalized spacial score (nSPS) is 15.4. The molecule has 0 aliphatic heterocycles. The minimum Gasteiger partial charge on any atom is -0.384 e. The van der Waals surface area contributed by atoms with Crippen molar-refractivity contribution in [2.24, 2.45) is 11.8 Å². The molecule has 0 heterocycles. The summed E-state index contributed by atoms with van der Waals surface area (Å²) in [4.78, 5) is 0. The molecule has 2 unspecified atom stereocenters. The van der Waals surface area contributed by atoms with Gasteiger partial charge in [0.15, 0.2) is 0 Å². The molecule has 0 aromatic heterocycles. The van der Waals surface area contributed by atoms with Crippen LogP contribution in [0.2, 0.25) is 0 Å². The largest absolute Gasteiger partial charge is 0.384 e. The SMILES string of the molecule is C[CH+]CCN/C(=C\CC)C(CC)C(C)C=N. The summed E-state index contributed by atoms with van der Waals surface area (Å²) in [5.41, 5.74) is 1.32. The Balaban J connectivity index is 4.47. The van der Waals surface area contributed by atoms with E-state index in [-0.39, 0.29) is 0 Å². The van der Waals surface area contributed by atoms with Crippen molar-refractivity contribution in [3.05, 3.63) is 18.2 Å². The van der Waals surface area contributed by atoms with Crippen molar-refractivity contribution < 1.29 is 0 Å². The number of rotatable bonds is 9. The van der Waals surface area contributed by atoms with Gasteiger partial charge in [-0.15, -0.1) is 0 Å². The summed E-state index contributed by atoms with van der Waals surface area (Å²) in [6, 6.07) is 0. The maximum atomic E-state index is 7.39. The number of unbranched alkanes of at least 4 members (excludes halogenated alkanes) is 1. The van der Waals surface area contributed by atoms with Crippen molar-refractivity contribution in [3.63, 3.8) is 0 Å². The summed E-state index contributed by atoms with van der Waals surface area (Å²) in [6.45, 7) is 9.57. The van der Waals surface area contributed by atoms with Crippen LogP contribution in [0.3, 0.4) is 0 Å². The third kappa shape index (κ3) is 5.24. The maximum Gasteiger partial charge on any atom is 0.104 e. The van der Waals surface area contributed by atoms with Crippen LogP contribution in [0.15, 0.2) is 11.8 Å². The highest BCUT2D eigenvalue weighted by Gasteiger charge is 2.17. The molecule has 2 heteroatoms. The Morgan fingerprint density at radius 2 is 2.12 bits per heavy atom. The van der Waals surface area contributed by atoms with E-state index in [0.717, 1.165) is 25.8 Å². The van der Waals surface area contributed by atoms with Gasteiger partial charge in [0.1, 0.15) is 6.42 Å². The Morgan fingerprint density at radius 3 is 2.56 bits per heavy atom. The van der Waals surface area contributed by atoms with Crippen LogP contribution in [0.5, 0.6) is 0 Å². The van der Waals surface area contributed by atoms with Gasteiger partial charge >= 0.3 is 0 Å². The van der Waals surface area contributed by atoms with Crippen LogP contribution in [-0.4, -0.2) is 12.8 Å². The van der Waals surface area contributed by atoms with Crippen LogP contribution in [0, 0.1) is 23.7 Å². The smallest absolute Gasteiger partial charge is 0.104 e. The molecule has 0 aromatic rings. The molecular weight excluding hydrogens is 196 g/mol. The van der Waals surface area contributed by atoms with Gasteiger partial charge in [0.2, 0.25) is 0 Å². The van der Waals surface area contributed by atoms with Crippen molar-refractivity contribution in [3.8, 4) is 0 Å². The maximum absolute atomic E-state index is 7.39. The lowest BCUT2D eigenvalue weighted by Crippen LogP contribution is -2.26. The minimum atomic E-state index is 0.320. The van der Waals surface area contributed by atoms with Crippen LogP contribution >= 0.6 is 0 Å².